The summed E-state index contributed by atoms with van der Waals surface area (Å²) in [4.78, 5) is 24.0. The molecule has 0 radical (unpaired) electrons. The quantitative estimate of drug-likeness (QED) is 0.226. The van der Waals surface area contributed by atoms with Crippen LogP contribution in [0.1, 0.15) is 60.1 Å². The predicted octanol–water partition coefficient (Wildman–Crippen LogP) is 6.26. The summed E-state index contributed by atoms with van der Waals surface area (Å²) in [7, 11) is -1.52. The minimum Gasteiger partial charge on any atom is -0.442 e. The number of nitrogens with zero attached hydrogens (tertiary/aromatic N) is 6. The second-order valence-corrected chi connectivity index (χ2v) is 13.6. The molecule has 3 aromatic rings. The second-order valence-electron chi connectivity index (χ2n) is 12.6. The van der Waals surface area contributed by atoms with E-state index >= 15 is 4.39 Å². The number of carbonyl (C=O) groups is 1. The summed E-state index contributed by atoms with van der Waals surface area (Å²) < 4.78 is 40.1. The smallest absolute Gasteiger partial charge is 0.414 e. The zero-order valence-electron chi connectivity index (χ0n) is 25.8. The summed E-state index contributed by atoms with van der Waals surface area (Å²) in [6, 6.07) is 8.24. The van der Waals surface area contributed by atoms with Crippen molar-refractivity contribution in [1.82, 2.24) is 20.0 Å². The summed E-state index contributed by atoms with van der Waals surface area (Å²) in [5.41, 5.74) is 1.95. The van der Waals surface area contributed by atoms with E-state index in [4.69, 9.17) is 23.1 Å². The van der Waals surface area contributed by atoms with Crippen LogP contribution in [-0.2, 0) is 29.7 Å². The van der Waals surface area contributed by atoms with Crippen molar-refractivity contribution in [2.45, 2.75) is 84.3 Å². The Balaban J connectivity index is 1.14. The number of halogens is 1. The number of hydrogen-bond acceptors (Lipinski definition) is 10. The molecule has 0 spiro atoms. The molecule has 0 N–H and O–H groups in total. The first-order valence-electron chi connectivity index (χ1n) is 14.5. The maximum Gasteiger partial charge on any atom is 0.414 e. The maximum atomic E-state index is 15.2. The Morgan fingerprint density at radius 2 is 1.84 bits per heavy atom. The lowest BCUT2D eigenvalue weighted by Crippen LogP contribution is -2.26. The van der Waals surface area contributed by atoms with Crippen LogP contribution in [0.4, 0.5) is 14.9 Å². The first-order chi connectivity index (χ1) is 20.8. The van der Waals surface area contributed by atoms with Crippen molar-refractivity contribution in [3.8, 4) is 11.1 Å². The van der Waals surface area contributed by atoms with Crippen molar-refractivity contribution in [1.29, 1.82) is 0 Å². The van der Waals surface area contributed by atoms with E-state index in [0.717, 1.165) is 0 Å². The molecule has 14 heteroatoms. The average molecular weight is 629 g/mol. The average Bonchev–Trinajstić information content (AvgIpc) is 3.69. The normalized spacial score (nSPS) is 19.0. The molecule has 1 saturated heterocycles. The molecule has 0 aliphatic carbocycles. The highest BCUT2D eigenvalue weighted by atomic mass is 31.2. The first kappa shape index (κ1) is 31.9. The zero-order chi connectivity index (χ0) is 31.5. The molecular formula is C30H38FN6O6P. The van der Waals surface area contributed by atoms with Gasteiger partial charge in [-0.25, -0.2) is 13.9 Å². The summed E-state index contributed by atoms with van der Waals surface area (Å²) in [6.07, 6.45) is 4.91. The number of aromatic nitrogens is 4. The Morgan fingerprint density at radius 3 is 2.48 bits per heavy atom. The highest BCUT2D eigenvalue weighted by molar-refractivity contribution is 7.41. The van der Waals surface area contributed by atoms with Gasteiger partial charge in [0.2, 0.25) is 0 Å². The van der Waals surface area contributed by atoms with Crippen molar-refractivity contribution in [2.75, 3.05) is 18.1 Å². The zero-order valence-corrected chi connectivity index (χ0v) is 26.7. The van der Waals surface area contributed by atoms with Gasteiger partial charge in [0, 0.05) is 36.4 Å². The van der Waals surface area contributed by atoms with Gasteiger partial charge in [0.25, 0.3) is 0 Å². The van der Waals surface area contributed by atoms with Gasteiger partial charge in [-0.05, 0) is 65.8 Å². The lowest BCUT2D eigenvalue weighted by molar-refractivity contribution is 0.0230. The van der Waals surface area contributed by atoms with Gasteiger partial charge in [0.15, 0.2) is 0 Å². The molecule has 2 atom stereocenters. The van der Waals surface area contributed by atoms with E-state index in [9.17, 15) is 4.79 Å². The highest BCUT2D eigenvalue weighted by Gasteiger charge is 2.33. The van der Waals surface area contributed by atoms with Crippen LogP contribution >= 0.6 is 8.60 Å². The molecule has 1 aromatic carbocycles. The molecule has 44 heavy (non-hydrogen) atoms. The van der Waals surface area contributed by atoms with Crippen LogP contribution in [0.3, 0.4) is 0 Å². The van der Waals surface area contributed by atoms with Crippen molar-refractivity contribution in [2.24, 2.45) is 5.16 Å². The van der Waals surface area contributed by atoms with Crippen LogP contribution in [0.25, 0.3) is 11.1 Å². The summed E-state index contributed by atoms with van der Waals surface area (Å²) in [6.45, 7) is 12.8. The number of pyridine rings is 1. The van der Waals surface area contributed by atoms with Crippen LogP contribution in [0.2, 0.25) is 0 Å². The molecule has 4 heterocycles. The van der Waals surface area contributed by atoms with Crippen molar-refractivity contribution in [3.05, 3.63) is 60.4 Å². The number of carbonyl (C=O) groups excluding carboxylic acids is 1. The van der Waals surface area contributed by atoms with Gasteiger partial charge in [-0.1, -0.05) is 16.4 Å². The number of oxime groups is 1. The molecule has 12 nitrogen and oxygen atoms in total. The van der Waals surface area contributed by atoms with Crippen LogP contribution in [0.5, 0.6) is 0 Å². The van der Waals surface area contributed by atoms with E-state index in [1.807, 2.05) is 41.5 Å². The standard InChI is InChI=1S/C30H38FN6O6P/c1-29(2,3)42-44(43-30(4,5)6)39-14-11-22-16-27(34-41-22)26-10-7-20(17-32-26)24-9-8-21(15-25(24)31)37-19-23(40-28(37)38)18-36-13-12-33-35-36/h7-10,12-13,15,17,22-23H,11,14,16,18-19H2,1-6H3. The van der Waals surface area contributed by atoms with E-state index in [2.05, 4.69) is 20.5 Å². The van der Waals surface area contributed by atoms with Crippen LogP contribution < -0.4 is 4.90 Å². The summed E-state index contributed by atoms with van der Waals surface area (Å²) in [5.74, 6) is -0.475. The molecule has 2 aromatic heterocycles. The molecule has 2 unspecified atom stereocenters. The van der Waals surface area contributed by atoms with E-state index in [0.29, 0.717) is 54.2 Å². The van der Waals surface area contributed by atoms with Gasteiger partial charge in [0.1, 0.15) is 23.7 Å². The Labute approximate surface area is 257 Å². The number of anilines is 1. The minimum atomic E-state index is -1.52. The largest absolute Gasteiger partial charge is 0.442 e. The van der Waals surface area contributed by atoms with E-state index < -0.39 is 37.8 Å². The van der Waals surface area contributed by atoms with Crippen LogP contribution in [0, 0.1) is 5.82 Å². The van der Waals surface area contributed by atoms with Gasteiger partial charge < -0.3 is 23.1 Å². The lowest BCUT2D eigenvalue weighted by Gasteiger charge is -2.30. The molecule has 0 saturated carbocycles. The maximum absolute atomic E-state index is 15.2. The van der Waals surface area contributed by atoms with E-state index in [1.165, 1.54) is 11.0 Å². The number of amides is 1. The molecule has 1 amide bonds. The molecule has 236 valence electrons. The third-order valence-electron chi connectivity index (χ3n) is 6.44. The molecule has 0 bridgehead atoms. The third kappa shape index (κ3) is 8.56. The topological polar surface area (TPSA) is 122 Å². The van der Waals surface area contributed by atoms with Gasteiger partial charge in [0.05, 0.1) is 48.5 Å². The molecule has 5 rings (SSSR count). The first-order valence-corrected chi connectivity index (χ1v) is 15.6. The summed E-state index contributed by atoms with van der Waals surface area (Å²) in [5, 5.41) is 11.9. The second kappa shape index (κ2) is 13.2. The predicted molar refractivity (Wildman–Crippen MR) is 162 cm³/mol. The third-order valence-corrected chi connectivity index (χ3v) is 8.22. The van der Waals surface area contributed by atoms with Gasteiger partial charge in [-0.15, -0.1) is 5.10 Å². The van der Waals surface area contributed by atoms with Gasteiger partial charge in [-0.3, -0.25) is 9.88 Å². The minimum absolute atomic E-state index is 0.161. The number of ether oxygens (including phenoxy) is 1. The van der Waals surface area contributed by atoms with Crippen molar-refractivity contribution >= 4 is 26.1 Å². The van der Waals surface area contributed by atoms with Crippen molar-refractivity contribution in [3.63, 3.8) is 0 Å². The van der Waals surface area contributed by atoms with Gasteiger partial charge >= 0.3 is 14.7 Å². The molecule has 2 aliphatic heterocycles. The monoisotopic (exact) mass is 628 g/mol. The number of cyclic esters (lactones) is 1. The highest BCUT2D eigenvalue weighted by Crippen LogP contribution is 2.47. The Bertz CT molecular complexity index is 1440. The number of rotatable bonds is 11. The molecule has 2 aliphatic rings. The van der Waals surface area contributed by atoms with Crippen LogP contribution in [0.15, 0.2) is 54.1 Å². The Hall–Kier alpha value is -3.51. The van der Waals surface area contributed by atoms with Crippen LogP contribution in [-0.4, -0.2) is 68.3 Å². The van der Waals surface area contributed by atoms with E-state index in [-0.39, 0.29) is 12.6 Å². The van der Waals surface area contributed by atoms with E-state index in [1.54, 1.807) is 47.5 Å². The fourth-order valence-corrected chi connectivity index (χ4v) is 5.80. The van der Waals surface area contributed by atoms with Crippen molar-refractivity contribution < 1.29 is 32.3 Å². The number of hydrogen-bond donors (Lipinski definition) is 0. The molecular weight excluding hydrogens is 590 g/mol. The Morgan fingerprint density at radius 1 is 1.07 bits per heavy atom. The fourth-order valence-electron chi connectivity index (χ4n) is 4.51. The lowest BCUT2D eigenvalue weighted by atomic mass is 10.0. The number of benzene rings is 1. The summed E-state index contributed by atoms with van der Waals surface area (Å²) >= 11 is 0. The fraction of sp³-hybridized carbons (Fsp3) is 0.500. The Kier molecular flexibility index (Phi) is 9.59. The van der Waals surface area contributed by atoms with Gasteiger partial charge in [-0.2, -0.15) is 0 Å². The molecule has 1 fully saturated rings. The SMILES string of the molecule is CC(C)(C)OP(OCCC1CC(c2ccc(-c3ccc(N4CC(Cn5ccnn5)OC4=O)cc3F)cn2)=NO1)OC(C)(C)C.